The minimum absolute atomic E-state index is 0.312. The molecule has 0 spiro atoms. The van der Waals surface area contributed by atoms with Gasteiger partial charge in [-0.2, -0.15) is 13.2 Å². The molecule has 3 aromatic carbocycles. The number of rotatable bonds is 7. The molecule has 0 aliphatic heterocycles. The van der Waals surface area contributed by atoms with Crippen molar-refractivity contribution >= 4 is 10.8 Å². The van der Waals surface area contributed by atoms with Crippen LogP contribution >= 0.6 is 0 Å². The molecule has 0 fully saturated rings. The molecule has 0 N–H and O–H groups in total. The van der Waals surface area contributed by atoms with Gasteiger partial charge in [-0.3, -0.25) is 0 Å². The van der Waals surface area contributed by atoms with Crippen LogP contribution in [-0.2, 0) is 6.42 Å². The van der Waals surface area contributed by atoms with Crippen LogP contribution in [0.25, 0.3) is 21.9 Å². The number of benzene rings is 3. The van der Waals surface area contributed by atoms with Gasteiger partial charge in [0.2, 0.25) is 0 Å². The third kappa shape index (κ3) is 5.14. The molecule has 0 heterocycles. The van der Waals surface area contributed by atoms with Gasteiger partial charge in [0.05, 0.1) is 10.9 Å². The van der Waals surface area contributed by atoms with Crippen LogP contribution in [0.2, 0.25) is 0 Å². The van der Waals surface area contributed by atoms with Gasteiger partial charge >= 0.3 is 6.18 Å². The first kappa shape index (κ1) is 23.8. The molecule has 9 heteroatoms. The molecular weight excluding hydrogens is 444 g/mol. The predicted molar refractivity (Wildman–Crippen MR) is 104 cm³/mol. The second-order valence-electron chi connectivity index (χ2n) is 7.35. The summed E-state index contributed by atoms with van der Waals surface area (Å²) < 4.78 is 114. The van der Waals surface area contributed by atoms with E-state index in [1.807, 2.05) is 6.92 Å². The highest BCUT2D eigenvalue weighted by Gasteiger charge is 2.30. The monoisotopic (exact) mass is 462 g/mol. The molecule has 0 aliphatic rings. The third-order valence-electron chi connectivity index (χ3n) is 4.88. The van der Waals surface area contributed by atoms with Crippen LogP contribution in [-0.4, -0.2) is 12.8 Å². The quantitative estimate of drug-likeness (QED) is 0.256. The van der Waals surface area contributed by atoms with Gasteiger partial charge in [0.1, 0.15) is 17.5 Å². The minimum Gasteiger partial charge on any atom is -0.478 e. The standard InChI is InChI=1S/C23H18F8O/c1-2-3-4-5-12-6-15(24)19(16(25)7-12)13-8-14-10-18(27)22(32-11-23(29,30)31)21(28)20(14)17(26)9-13/h6-10H,2-5,11H2,1H3. The molecule has 0 saturated heterocycles. The zero-order valence-electron chi connectivity index (χ0n) is 16.9. The Morgan fingerprint density at radius 3 is 2.03 bits per heavy atom. The Kier molecular flexibility index (Phi) is 6.95. The zero-order valence-corrected chi connectivity index (χ0v) is 16.9. The average Bonchev–Trinajstić information content (AvgIpc) is 2.66. The van der Waals surface area contributed by atoms with Gasteiger partial charge in [0, 0.05) is 0 Å². The Morgan fingerprint density at radius 2 is 1.44 bits per heavy atom. The summed E-state index contributed by atoms with van der Waals surface area (Å²) in [5.74, 6) is -7.86. The van der Waals surface area contributed by atoms with Gasteiger partial charge < -0.3 is 4.74 Å². The van der Waals surface area contributed by atoms with E-state index in [0.29, 0.717) is 24.1 Å². The zero-order chi connectivity index (χ0) is 23.6. The van der Waals surface area contributed by atoms with E-state index in [9.17, 15) is 35.1 Å². The lowest BCUT2D eigenvalue weighted by atomic mass is 9.97. The van der Waals surface area contributed by atoms with Crippen molar-refractivity contribution < 1.29 is 39.9 Å². The maximum Gasteiger partial charge on any atom is 0.422 e. The fraction of sp³-hybridized carbons (Fsp3) is 0.304. The van der Waals surface area contributed by atoms with E-state index in [2.05, 4.69) is 4.74 Å². The van der Waals surface area contributed by atoms with E-state index in [1.165, 1.54) is 0 Å². The van der Waals surface area contributed by atoms with E-state index in [4.69, 9.17) is 0 Å². The summed E-state index contributed by atoms with van der Waals surface area (Å²) in [6.45, 7) is 0.00266. The van der Waals surface area contributed by atoms with E-state index >= 15 is 0 Å². The Hall–Kier alpha value is -2.84. The maximum absolute atomic E-state index is 14.6. The van der Waals surface area contributed by atoms with Crippen LogP contribution in [0.5, 0.6) is 5.75 Å². The lowest BCUT2D eigenvalue weighted by Crippen LogP contribution is -2.20. The van der Waals surface area contributed by atoms with E-state index < -0.39 is 64.0 Å². The summed E-state index contributed by atoms with van der Waals surface area (Å²) in [4.78, 5) is 0. The third-order valence-corrected chi connectivity index (χ3v) is 4.88. The highest BCUT2D eigenvalue weighted by Crippen LogP contribution is 2.37. The maximum atomic E-state index is 14.6. The summed E-state index contributed by atoms with van der Waals surface area (Å²) in [6, 6.07) is 4.37. The molecule has 0 atom stereocenters. The van der Waals surface area contributed by atoms with Gasteiger partial charge in [0.15, 0.2) is 24.0 Å². The van der Waals surface area contributed by atoms with E-state index in [0.717, 1.165) is 37.5 Å². The fourth-order valence-corrected chi connectivity index (χ4v) is 3.45. The lowest BCUT2D eigenvalue weighted by molar-refractivity contribution is -0.154. The molecule has 1 nitrogen and oxygen atoms in total. The molecule has 172 valence electrons. The van der Waals surface area contributed by atoms with Gasteiger partial charge in [0.25, 0.3) is 0 Å². The topological polar surface area (TPSA) is 9.23 Å². The van der Waals surface area contributed by atoms with Gasteiger partial charge in [-0.05, 0) is 59.7 Å². The fourth-order valence-electron chi connectivity index (χ4n) is 3.45. The van der Waals surface area contributed by atoms with Crippen molar-refractivity contribution in [2.45, 2.75) is 38.8 Å². The molecule has 0 amide bonds. The second-order valence-corrected chi connectivity index (χ2v) is 7.35. The number of unbranched alkanes of at least 4 members (excludes halogenated alkanes) is 2. The number of halogens is 8. The average molecular weight is 462 g/mol. The Bertz CT molecular complexity index is 1110. The van der Waals surface area contributed by atoms with Crippen molar-refractivity contribution in [1.82, 2.24) is 0 Å². The number of aryl methyl sites for hydroxylation is 1. The molecule has 0 aliphatic carbocycles. The summed E-state index contributed by atoms with van der Waals surface area (Å²) in [5.41, 5.74) is -0.474. The molecule has 32 heavy (non-hydrogen) atoms. The minimum atomic E-state index is -4.87. The molecular formula is C23H18F8O. The summed E-state index contributed by atoms with van der Waals surface area (Å²) in [7, 11) is 0. The van der Waals surface area contributed by atoms with Crippen molar-refractivity contribution in [3.8, 4) is 16.9 Å². The SMILES string of the molecule is CCCCCc1cc(F)c(-c2cc(F)c3c(F)c(OCC(F)(F)F)c(F)cc3c2)c(F)c1. The molecule has 0 saturated carbocycles. The van der Waals surface area contributed by atoms with Crippen molar-refractivity contribution in [1.29, 1.82) is 0 Å². The van der Waals surface area contributed by atoms with Crippen LogP contribution in [0.15, 0.2) is 30.3 Å². The molecule has 0 unspecified atom stereocenters. The first-order valence-electron chi connectivity index (χ1n) is 9.81. The van der Waals surface area contributed by atoms with Crippen LogP contribution in [0, 0.1) is 29.1 Å². The van der Waals surface area contributed by atoms with Crippen molar-refractivity contribution in [3.63, 3.8) is 0 Å². The summed E-state index contributed by atoms with van der Waals surface area (Å²) in [6.07, 6.45) is -1.88. The van der Waals surface area contributed by atoms with Crippen molar-refractivity contribution in [3.05, 3.63) is 65.0 Å². The van der Waals surface area contributed by atoms with E-state index in [-0.39, 0.29) is 5.56 Å². The smallest absolute Gasteiger partial charge is 0.422 e. The Balaban J connectivity index is 2.05. The first-order chi connectivity index (χ1) is 15.0. The number of ether oxygens (including phenoxy) is 1. The van der Waals surface area contributed by atoms with Gasteiger partial charge in [-0.15, -0.1) is 0 Å². The Labute approximate surface area is 178 Å². The molecule has 3 rings (SSSR count). The van der Waals surface area contributed by atoms with E-state index in [1.54, 1.807) is 0 Å². The van der Waals surface area contributed by atoms with Crippen LogP contribution in [0.4, 0.5) is 35.1 Å². The molecule has 0 bridgehead atoms. The highest BCUT2D eigenvalue weighted by atomic mass is 19.4. The lowest BCUT2D eigenvalue weighted by Gasteiger charge is -2.14. The van der Waals surface area contributed by atoms with Crippen LogP contribution in [0.1, 0.15) is 31.7 Å². The first-order valence-corrected chi connectivity index (χ1v) is 9.81. The predicted octanol–water partition coefficient (Wildman–Crippen LogP) is 7.88. The molecule has 0 aromatic heterocycles. The van der Waals surface area contributed by atoms with Gasteiger partial charge in [-0.1, -0.05) is 19.8 Å². The van der Waals surface area contributed by atoms with Gasteiger partial charge in [-0.25, -0.2) is 22.0 Å². The molecule has 0 radical (unpaired) electrons. The number of hydrogen-bond acceptors (Lipinski definition) is 1. The normalized spacial score (nSPS) is 11.9. The van der Waals surface area contributed by atoms with Crippen LogP contribution < -0.4 is 4.74 Å². The van der Waals surface area contributed by atoms with Crippen LogP contribution in [0.3, 0.4) is 0 Å². The highest BCUT2D eigenvalue weighted by molar-refractivity contribution is 5.90. The number of hydrogen-bond donors (Lipinski definition) is 0. The van der Waals surface area contributed by atoms with Crippen molar-refractivity contribution in [2.75, 3.05) is 6.61 Å². The Morgan fingerprint density at radius 1 is 0.781 bits per heavy atom. The largest absolute Gasteiger partial charge is 0.478 e. The second kappa shape index (κ2) is 9.34. The number of alkyl halides is 3. The number of fused-ring (bicyclic) bond motifs is 1. The summed E-state index contributed by atoms with van der Waals surface area (Å²) in [5, 5.41) is -1.29. The summed E-state index contributed by atoms with van der Waals surface area (Å²) >= 11 is 0. The molecule has 3 aromatic rings. The van der Waals surface area contributed by atoms with Crippen molar-refractivity contribution in [2.24, 2.45) is 0 Å².